The second kappa shape index (κ2) is 8.07. The van der Waals surface area contributed by atoms with E-state index in [9.17, 15) is 10.2 Å². The third-order valence-corrected chi connectivity index (χ3v) is 8.86. The Morgan fingerprint density at radius 2 is 2.07 bits per heavy atom. The number of allylic oxidation sites excluding steroid dienone is 1. The first-order valence-electron chi connectivity index (χ1n) is 11.7. The fourth-order valence-electron chi connectivity index (χ4n) is 7.58. The third kappa shape index (κ3) is 3.35. The van der Waals surface area contributed by atoms with Crippen molar-refractivity contribution in [2.75, 3.05) is 13.6 Å². The van der Waals surface area contributed by atoms with Gasteiger partial charge in [0.2, 0.25) is 0 Å². The summed E-state index contributed by atoms with van der Waals surface area (Å²) in [5.41, 5.74) is 2.85. The van der Waals surface area contributed by atoms with Gasteiger partial charge in [-0.3, -0.25) is 0 Å². The number of aliphatic hydroxyl groups is 1. The maximum atomic E-state index is 11.0. The highest BCUT2D eigenvalue weighted by Crippen LogP contribution is 2.69. The Morgan fingerprint density at radius 3 is 2.83 bits per heavy atom. The van der Waals surface area contributed by atoms with Crippen LogP contribution in [0.25, 0.3) is 0 Å². The number of phenolic OH excluding ortho intramolecular Hbond substituents is 1. The number of aromatic hydroxyl groups is 1. The van der Waals surface area contributed by atoms with Crippen molar-refractivity contribution in [3.05, 3.63) is 42.0 Å². The Kier molecular flexibility index (Phi) is 5.83. The van der Waals surface area contributed by atoms with Gasteiger partial charge < -0.3 is 15.5 Å². The van der Waals surface area contributed by atoms with Crippen molar-refractivity contribution in [1.29, 1.82) is 0 Å². The molecule has 1 aromatic carbocycles. The van der Waals surface area contributed by atoms with E-state index in [1.165, 1.54) is 36.8 Å². The zero-order valence-corrected chi connectivity index (χ0v) is 18.3. The van der Waals surface area contributed by atoms with E-state index in [2.05, 4.69) is 31.0 Å². The number of nitrogens with one attached hydrogen (secondary N) is 1. The molecule has 0 amide bonds. The first-order chi connectivity index (χ1) is 14.0. The van der Waals surface area contributed by atoms with Crippen LogP contribution in [0.1, 0.15) is 75.3 Å². The Balaban J connectivity index is 1.71. The molecule has 3 aliphatic carbocycles. The number of hydrogen-bond acceptors (Lipinski definition) is 3. The predicted molar refractivity (Wildman–Crippen MR) is 119 cm³/mol. The molecule has 3 aliphatic rings. The van der Waals surface area contributed by atoms with E-state index in [1.54, 1.807) is 0 Å². The summed E-state index contributed by atoms with van der Waals surface area (Å²) in [6.07, 6.45) is 12.3. The van der Waals surface area contributed by atoms with Crippen molar-refractivity contribution in [3.8, 4) is 5.75 Å². The molecule has 2 saturated carbocycles. The summed E-state index contributed by atoms with van der Waals surface area (Å²) in [6.45, 7) is 7.83. The quantitative estimate of drug-likeness (QED) is 0.439. The number of aryl methyl sites for hydroxylation is 1. The lowest BCUT2D eigenvalue weighted by molar-refractivity contribution is -0.0812. The maximum Gasteiger partial charge on any atom is 0.115 e. The molecule has 3 nitrogen and oxygen atoms in total. The number of hydrogen-bond donors (Lipinski definition) is 3. The van der Waals surface area contributed by atoms with E-state index in [1.807, 2.05) is 19.2 Å². The van der Waals surface area contributed by atoms with Crippen LogP contribution in [0.5, 0.6) is 5.75 Å². The lowest BCUT2D eigenvalue weighted by Gasteiger charge is -2.60. The van der Waals surface area contributed by atoms with Gasteiger partial charge >= 0.3 is 0 Å². The molecule has 29 heavy (non-hydrogen) atoms. The molecule has 0 radical (unpaired) electrons. The summed E-state index contributed by atoms with van der Waals surface area (Å²) in [5, 5.41) is 24.3. The van der Waals surface area contributed by atoms with Crippen molar-refractivity contribution >= 4 is 0 Å². The fourth-order valence-corrected chi connectivity index (χ4v) is 7.58. The number of rotatable bonds is 7. The maximum absolute atomic E-state index is 11.0. The minimum absolute atomic E-state index is 0.00868. The molecule has 1 aromatic rings. The number of aliphatic hydroxyl groups excluding tert-OH is 1. The van der Waals surface area contributed by atoms with Crippen LogP contribution in [-0.2, 0) is 6.42 Å². The first kappa shape index (κ1) is 20.9. The number of fused-ring (bicyclic) bond motifs is 5. The molecule has 6 atom stereocenters. The van der Waals surface area contributed by atoms with E-state index < -0.39 is 0 Å². The SMILES string of the molecule is C=C[C@@]12CCc3cc(O)ccc3[C@H]1[C@@H](CCCCCNC)C[C@@]1(C)[C@H]2CC[C@@H]1O. The lowest BCUT2D eigenvalue weighted by atomic mass is 9.44. The van der Waals surface area contributed by atoms with Gasteiger partial charge in [-0.1, -0.05) is 31.9 Å². The van der Waals surface area contributed by atoms with Crippen LogP contribution in [-0.4, -0.2) is 29.9 Å². The summed E-state index contributed by atoms with van der Waals surface area (Å²) in [6, 6.07) is 6.05. The number of unbranched alkanes of at least 4 members (excludes halogenated alkanes) is 2. The molecule has 0 aromatic heterocycles. The van der Waals surface area contributed by atoms with Gasteiger partial charge in [0.25, 0.3) is 0 Å². The molecular weight excluding hydrogens is 358 g/mol. The predicted octanol–water partition coefficient (Wildman–Crippen LogP) is 5.17. The molecular formula is C26H39NO2. The summed E-state index contributed by atoms with van der Waals surface area (Å²) in [4.78, 5) is 0. The summed E-state index contributed by atoms with van der Waals surface area (Å²) < 4.78 is 0. The van der Waals surface area contributed by atoms with Gasteiger partial charge in [-0.05, 0) is 110 Å². The van der Waals surface area contributed by atoms with E-state index in [0.717, 1.165) is 38.6 Å². The van der Waals surface area contributed by atoms with Crippen LogP contribution in [0.15, 0.2) is 30.9 Å². The van der Waals surface area contributed by atoms with Crippen LogP contribution in [0.4, 0.5) is 0 Å². The van der Waals surface area contributed by atoms with Gasteiger partial charge in [-0.15, -0.1) is 6.58 Å². The zero-order chi connectivity index (χ0) is 20.6. The minimum atomic E-state index is -0.182. The van der Waals surface area contributed by atoms with Crippen molar-refractivity contribution in [2.24, 2.45) is 22.7 Å². The van der Waals surface area contributed by atoms with Crippen LogP contribution in [0.2, 0.25) is 0 Å². The second-order valence-corrected chi connectivity index (χ2v) is 10.2. The van der Waals surface area contributed by atoms with Crippen molar-refractivity contribution in [3.63, 3.8) is 0 Å². The highest BCUT2D eigenvalue weighted by Gasteiger charge is 2.63. The third-order valence-electron chi connectivity index (χ3n) is 8.86. The smallest absolute Gasteiger partial charge is 0.115 e. The van der Waals surface area contributed by atoms with E-state index in [-0.39, 0.29) is 16.9 Å². The second-order valence-electron chi connectivity index (χ2n) is 10.2. The van der Waals surface area contributed by atoms with Crippen molar-refractivity contribution in [1.82, 2.24) is 5.32 Å². The Bertz CT molecular complexity index is 746. The molecule has 0 heterocycles. The molecule has 3 N–H and O–H groups in total. The molecule has 4 rings (SSSR count). The van der Waals surface area contributed by atoms with Gasteiger partial charge in [-0.25, -0.2) is 0 Å². The largest absolute Gasteiger partial charge is 0.508 e. The van der Waals surface area contributed by atoms with Crippen LogP contribution in [0, 0.1) is 22.7 Å². The molecule has 0 spiro atoms. The molecule has 0 unspecified atom stereocenters. The molecule has 0 saturated heterocycles. The summed E-state index contributed by atoms with van der Waals surface area (Å²) in [5.74, 6) is 1.93. The number of phenols is 1. The highest BCUT2D eigenvalue weighted by atomic mass is 16.3. The lowest BCUT2D eigenvalue weighted by Crippen LogP contribution is -2.54. The normalized spacial score (nSPS) is 38.2. The average Bonchev–Trinajstić information content (AvgIpc) is 3.02. The van der Waals surface area contributed by atoms with Crippen LogP contribution in [0.3, 0.4) is 0 Å². The van der Waals surface area contributed by atoms with Gasteiger partial charge in [0.1, 0.15) is 5.75 Å². The molecule has 2 fully saturated rings. The van der Waals surface area contributed by atoms with Gasteiger partial charge in [0.05, 0.1) is 6.10 Å². The van der Waals surface area contributed by atoms with Crippen LogP contribution >= 0.6 is 0 Å². The van der Waals surface area contributed by atoms with Crippen molar-refractivity contribution < 1.29 is 10.2 Å². The Hall–Kier alpha value is -1.32. The number of benzene rings is 1. The molecule has 3 heteroatoms. The first-order valence-corrected chi connectivity index (χ1v) is 11.7. The molecule has 0 aliphatic heterocycles. The standard InChI is InChI=1S/C26H39NO2/c1-4-26-14-13-18-16-20(28)9-10-21(18)24(26)19(8-6-5-7-15-27-3)17-25(2)22(26)11-12-23(25)29/h4,9-10,16,19,22-24,27-29H,1,5-8,11-15,17H2,2-3H3/t19-,22+,23-,24+,25-,26-/m0/s1. The van der Waals surface area contributed by atoms with Gasteiger partial charge in [0, 0.05) is 0 Å². The van der Waals surface area contributed by atoms with Crippen LogP contribution < -0.4 is 5.32 Å². The monoisotopic (exact) mass is 397 g/mol. The highest BCUT2D eigenvalue weighted by molar-refractivity contribution is 5.43. The van der Waals surface area contributed by atoms with E-state index >= 15 is 0 Å². The summed E-state index contributed by atoms with van der Waals surface area (Å²) in [7, 11) is 2.02. The average molecular weight is 398 g/mol. The topological polar surface area (TPSA) is 52.5 Å². The molecule has 160 valence electrons. The fraction of sp³-hybridized carbons (Fsp3) is 0.692. The zero-order valence-electron chi connectivity index (χ0n) is 18.3. The van der Waals surface area contributed by atoms with Gasteiger partial charge in [0.15, 0.2) is 0 Å². The Morgan fingerprint density at radius 1 is 1.24 bits per heavy atom. The van der Waals surface area contributed by atoms with Crippen molar-refractivity contribution in [2.45, 2.75) is 76.7 Å². The molecule has 0 bridgehead atoms. The van der Waals surface area contributed by atoms with Gasteiger partial charge in [-0.2, -0.15) is 0 Å². The van der Waals surface area contributed by atoms with E-state index in [0.29, 0.717) is 23.5 Å². The summed E-state index contributed by atoms with van der Waals surface area (Å²) >= 11 is 0. The Labute approximate surface area is 176 Å². The minimum Gasteiger partial charge on any atom is -0.508 e. The van der Waals surface area contributed by atoms with E-state index in [4.69, 9.17) is 0 Å².